The van der Waals surface area contributed by atoms with Crippen LogP contribution < -0.4 is 21.3 Å². The molecule has 1 aliphatic heterocycles. The molecule has 246 valence electrons. The lowest BCUT2D eigenvalue weighted by Gasteiger charge is -2.44. The molecule has 12 heteroatoms. The first-order valence-corrected chi connectivity index (χ1v) is 16.5. The van der Waals surface area contributed by atoms with Crippen LogP contribution in [0.3, 0.4) is 0 Å². The fraction of sp³-hybridized carbons (Fsp3) is 0.457. The van der Waals surface area contributed by atoms with Gasteiger partial charge in [0.2, 0.25) is 5.91 Å². The summed E-state index contributed by atoms with van der Waals surface area (Å²) >= 11 is 0. The topological polar surface area (TPSA) is 137 Å². The quantitative estimate of drug-likeness (QED) is 0.293. The van der Waals surface area contributed by atoms with E-state index in [1.54, 1.807) is 36.3 Å². The number of fused-ring (bicyclic) bond motifs is 1. The first-order chi connectivity index (χ1) is 22.6. The van der Waals surface area contributed by atoms with Crippen molar-refractivity contribution in [1.29, 1.82) is 0 Å². The van der Waals surface area contributed by atoms with Gasteiger partial charge in [0, 0.05) is 56.0 Å². The van der Waals surface area contributed by atoms with Crippen LogP contribution in [0.4, 0.5) is 20.6 Å². The average Bonchev–Trinajstić information content (AvgIpc) is 3.47. The number of aryl methyl sites for hydroxylation is 1. The summed E-state index contributed by atoms with van der Waals surface area (Å²) in [6, 6.07) is 11.9. The Morgan fingerprint density at radius 3 is 2.47 bits per heavy atom. The van der Waals surface area contributed by atoms with Crippen molar-refractivity contribution in [2.24, 2.45) is 18.4 Å². The monoisotopic (exact) mass is 641 g/mol. The van der Waals surface area contributed by atoms with Crippen LogP contribution in [0, 0.1) is 17.2 Å². The summed E-state index contributed by atoms with van der Waals surface area (Å²) in [5.74, 6) is -1.50. The number of amides is 5. The van der Waals surface area contributed by atoms with Gasteiger partial charge < -0.3 is 26.2 Å². The fourth-order valence-corrected chi connectivity index (χ4v) is 7.60. The largest absolute Gasteiger partial charge is 0.339 e. The van der Waals surface area contributed by atoms with Crippen molar-refractivity contribution in [2.75, 3.05) is 23.7 Å². The van der Waals surface area contributed by atoms with Crippen LogP contribution in [0.25, 0.3) is 0 Å². The predicted octanol–water partition coefficient (Wildman–Crippen LogP) is 4.16. The second kappa shape index (κ2) is 12.1. The summed E-state index contributed by atoms with van der Waals surface area (Å²) < 4.78 is 15.5. The zero-order valence-electron chi connectivity index (χ0n) is 26.5. The normalized spacial score (nSPS) is 22.3. The van der Waals surface area contributed by atoms with E-state index < -0.39 is 17.4 Å². The van der Waals surface area contributed by atoms with Crippen LogP contribution in [-0.4, -0.2) is 63.1 Å². The Hall–Kier alpha value is -4.74. The van der Waals surface area contributed by atoms with Gasteiger partial charge in [-0.2, -0.15) is 5.10 Å². The van der Waals surface area contributed by atoms with Gasteiger partial charge in [0.05, 0.1) is 0 Å². The van der Waals surface area contributed by atoms with Crippen LogP contribution in [0.5, 0.6) is 0 Å². The number of urea groups is 1. The molecule has 3 aromatic rings. The molecule has 2 atom stereocenters. The summed E-state index contributed by atoms with van der Waals surface area (Å²) in [6.45, 7) is 1.05. The molecule has 2 saturated carbocycles. The lowest BCUT2D eigenvalue weighted by atomic mass is 9.83. The maximum Gasteiger partial charge on any atom is 0.318 e. The highest BCUT2D eigenvalue weighted by Crippen LogP contribution is 2.50. The molecule has 7 rings (SSSR count). The number of benzene rings is 2. The number of halogens is 1. The Morgan fingerprint density at radius 2 is 1.74 bits per heavy atom. The Kier molecular flexibility index (Phi) is 7.97. The van der Waals surface area contributed by atoms with Crippen molar-refractivity contribution in [1.82, 2.24) is 25.3 Å². The molecule has 5 amide bonds. The third-order valence-electron chi connectivity index (χ3n) is 10.5. The Bertz CT molecular complexity index is 1730. The van der Waals surface area contributed by atoms with Crippen molar-refractivity contribution in [3.8, 4) is 0 Å². The Labute approximate surface area is 272 Å². The SMILES string of the molecule is Cn1nccc1C(=O)N[C@H](C(=O)Nc1ccc2c(c1)CC(C(=O)Nc1cccc(F)c1)(N1CC3(CC3)CNC1=O)C2)C1CCCCC1. The van der Waals surface area contributed by atoms with Gasteiger partial charge in [0.25, 0.3) is 11.8 Å². The number of nitrogens with zero attached hydrogens (tertiary/aromatic N) is 3. The van der Waals surface area contributed by atoms with Gasteiger partial charge >= 0.3 is 6.03 Å². The molecule has 1 unspecified atom stereocenters. The van der Waals surface area contributed by atoms with E-state index in [9.17, 15) is 23.6 Å². The minimum Gasteiger partial charge on any atom is -0.339 e. The third kappa shape index (κ3) is 6.08. The van der Waals surface area contributed by atoms with E-state index in [0.29, 0.717) is 30.2 Å². The molecular weight excluding hydrogens is 601 g/mol. The minimum absolute atomic E-state index is 0.00174. The van der Waals surface area contributed by atoms with Gasteiger partial charge in [0.1, 0.15) is 23.1 Å². The molecule has 4 N–H and O–H groups in total. The number of carbonyl (C=O) groups is 4. The van der Waals surface area contributed by atoms with Gasteiger partial charge in [0.15, 0.2) is 0 Å². The van der Waals surface area contributed by atoms with Crippen LogP contribution in [0.15, 0.2) is 54.7 Å². The zero-order chi connectivity index (χ0) is 32.8. The summed E-state index contributed by atoms with van der Waals surface area (Å²) in [7, 11) is 1.69. The molecule has 4 aliphatic rings. The maximum absolute atomic E-state index is 14.2. The number of hydrogen-bond donors (Lipinski definition) is 4. The second-order valence-electron chi connectivity index (χ2n) is 13.8. The molecule has 47 heavy (non-hydrogen) atoms. The second-order valence-corrected chi connectivity index (χ2v) is 13.8. The number of aromatic nitrogens is 2. The highest BCUT2D eigenvalue weighted by Gasteiger charge is 2.57. The fourth-order valence-electron chi connectivity index (χ4n) is 7.60. The molecule has 11 nitrogen and oxygen atoms in total. The first kappa shape index (κ1) is 30.9. The molecule has 0 bridgehead atoms. The van der Waals surface area contributed by atoms with Crippen molar-refractivity contribution >= 4 is 35.1 Å². The number of rotatable bonds is 8. The van der Waals surface area contributed by atoms with Crippen molar-refractivity contribution in [2.45, 2.75) is 69.4 Å². The molecule has 1 spiro atoms. The summed E-state index contributed by atoms with van der Waals surface area (Å²) in [5.41, 5.74) is 1.70. The number of nitrogens with one attached hydrogen (secondary N) is 4. The number of anilines is 2. The third-order valence-corrected chi connectivity index (χ3v) is 10.5. The molecule has 1 aromatic heterocycles. The zero-order valence-corrected chi connectivity index (χ0v) is 26.5. The van der Waals surface area contributed by atoms with Crippen LogP contribution >= 0.6 is 0 Å². The Morgan fingerprint density at radius 1 is 0.979 bits per heavy atom. The number of carbonyl (C=O) groups excluding carboxylic acids is 4. The van der Waals surface area contributed by atoms with E-state index in [4.69, 9.17) is 0 Å². The van der Waals surface area contributed by atoms with Crippen LogP contribution in [-0.2, 0) is 29.5 Å². The molecule has 2 aromatic carbocycles. The molecule has 1 saturated heterocycles. The smallest absolute Gasteiger partial charge is 0.318 e. The maximum atomic E-state index is 14.2. The lowest BCUT2D eigenvalue weighted by Crippen LogP contribution is -2.66. The molecule has 3 fully saturated rings. The molecule has 2 heterocycles. The van der Waals surface area contributed by atoms with Gasteiger partial charge in [-0.15, -0.1) is 0 Å². The van der Waals surface area contributed by atoms with Crippen molar-refractivity contribution in [3.63, 3.8) is 0 Å². The van der Waals surface area contributed by atoms with Gasteiger partial charge in [-0.1, -0.05) is 31.4 Å². The predicted molar refractivity (Wildman–Crippen MR) is 173 cm³/mol. The highest BCUT2D eigenvalue weighted by molar-refractivity contribution is 6.03. The number of hydrogen-bond acceptors (Lipinski definition) is 5. The summed E-state index contributed by atoms with van der Waals surface area (Å²) in [5, 5.41) is 16.0. The minimum atomic E-state index is -1.24. The van der Waals surface area contributed by atoms with Crippen LogP contribution in [0.1, 0.15) is 66.6 Å². The molecule has 3 aliphatic carbocycles. The Balaban J connectivity index is 1.14. The van der Waals surface area contributed by atoms with Gasteiger partial charge in [-0.25, -0.2) is 9.18 Å². The van der Waals surface area contributed by atoms with Gasteiger partial charge in [-0.05, 0) is 79.1 Å². The summed E-state index contributed by atoms with van der Waals surface area (Å²) in [6.07, 6.45) is 8.82. The average molecular weight is 642 g/mol. The molecular formula is C35H40FN7O4. The van der Waals surface area contributed by atoms with Gasteiger partial charge in [-0.3, -0.25) is 19.1 Å². The van der Waals surface area contributed by atoms with Crippen molar-refractivity contribution in [3.05, 3.63) is 77.4 Å². The van der Waals surface area contributed by atoms with Crippen molar-refractivity contribution < 1.29 is 23.6 Å². The lowest BCUT2D eigenvalue weighted by molar-refractivity contribution is -0.127. The van der Waals surface area contributed by atoms with E-state index in [2.05, 4.69) is 26.4 Å². The van der Waals surface area contributed by atoms with Crippen LogP contribution in [0.2, 0.25) is 0 Å². The van der Waals surface area contributed by atoms with E-state index in [1.165, 1.54) is 22.9 Å². The highest BCUT2D eigenvalue weighted by atomic mass is 19.1. The van der Waals surface area contributed by atoms with E-state index >= 15 is 0 Å². The first-order valence-electron chi connectivity index (χ1n) is 16.5. The van der Waals surface area contributed by atoms with E-state index in [-0.39, 0.29) is 47.9 Å². The standard InChI is InChI=1S/C35H40FN7O4/c1-42-28(12-15-38-42)30(44)41-29(22-6-3-2-4-7-22)31(45)39-27-11-10-23-18-35(19-24(23)16-27,32(46)40-26-9-5-8-25(36)17-26)43-21-34(13-14-34)20-37-33(43)47/h5,8-12,15-17,22,29H,2-4,6-7,13-14,18-21H2,1H3,(H,37,47)(H,39,45)(H,40,46)(H,41,44)/t29-,35?/m0/s1. The van der Waals surface area contributed by atoms with E-state index in [1.807, 2.05) is 12.1 Å². The summed E-state index contributed by atoms with van der Waals surface area (Å²) in [4.78, 5) is 56.2. The van der Waals surface area contributed by atoms with E-state index in [0.717, 1.165) is 56.1 Å². The molecule has 0 radical (unpaired) electrons.